The quantitative estimate of drug-likeness (QED) is 0.848. The molecule has 3 N–H and O–H groups in total. The smallest absolute Gasteiger partial charge is 0.0701 e. The van der Waals surface area contributed by atoms with Gasteiger partial charge in [-0.2, -0.15) is 0 Å². The van der Waals surface area contributed by atoms with Crippen LogP contribution in [0.3, 0.4) is 0 Å². The summed E-state index contributed by atoms with van der Waals surface area (Å²) in [5.74, 6) is 0.547. The lowest BCUT2D eigenvalue weighted by atomic mass is 9.91. The van der Waals surface area contributed by atoms with Gasteiger partial charge in [-0.3, -0.25) is 0 Å². The summed E-state index contributed by atoms with van der Waals surface area (Å²) in [6.07, 6.45) is 0. The molecule has 1 unspecified atom stereocenters. The van der Waals surface area contributed by atoms with Gasteiger partial charge in [-0.25, -0.2) is 0 Å². The highest BCUT2D eigenvalue weighted by Gasteiger charge is 2.22. The van der Waals surface area contributed by atoms with E-state index >= 15 is 0 Å². The second-order valence-electron chi connectivity index (χ2n) is 4.96. The number of nitrogens with two attached hydrogens (primary N) is 1. The van der Waals surface area contributed by atoms with Crippen LogP contribution in [-0.4, -0.2) is 19.6 Å². The Labute approximate surface area is 111 Å². The van der Waals surface area contributed by atoms with Crippen LogP contribution in [0.4, 0.5) is 0 Å². The maximum Gasteiger partial charge on any atom is 0.0701 e. The van der Waals surface area contributed by atoms with Crippen LogP contribution in [0.15, 0.2) is 15.9 Å². The van der Waals surface area contributed by atoms with Crippen LogP contribution in [0.5, 0.6) is 0 Å². The number of hydrogen-bond donors (Lipinski definition) is 2. The molecule has 92 valence electrons. The first kappa shape index (κ1) is 14.2. The zero-order valence-electron chi connectivity index (χ0n) is 10.2. The van der Waals surface area contributed by atoms with Crippen molar-refractivity contribution < 1.29 is 0 Å². The average molecular weight is 305 g/mol. The molecule has 1 aromatic rings. The summed E-state index contributed by atoms with van der Waals surface area (Å²) in [6, 6.07) is 4.31. The molecule has 1 atom stereocenters. The van der Waals surface area contributed by atoms with Crippen LogP contribution in [0.1, 0.15) is 25.6 Å². The van der Waals surface area contributed by atoms with Gasteiger partial charge in [-0.15, -0.1) is 11.3 Å². The third-order valence-corrected chi connectivity index (χ3v) is 4.69. The molecular weight excluding hydrogens is 284 g/mol. The first-order chi connectivity index (χ1) is 7.45. The predicted molar refractivity (Wildman–Crippen MR) is 76.1 cm³/mol. The fourth-order valence-corrected chi connectivity index (χ4v) is 2.97. The highest BCUT2D eigenvalue weighted by molar-refractivity contribution is 9.11. The molecule has 0 saturated carbocycles. The fraction of sp³-hybridized carbons (Fsp3) is 0.667. The fourth-order valence-electron chi connectivity index (χ4n) is 1.48. The van der Waals surface area contributed by atoms with Crippen LogP contribution in [0.2, 0.25) is 0 Å². The predicted octanol–water partition coefficient (Wildman–Crippen LogP) is 2.97. The lowest BCUT2D eigenvalue weighted by Gasteiger charge is -2.24. The summed E-state index contributed by atoms with van der Waals surface area (Å²) >= 11 is 5.32. The normalized spacial score (nSPS) is 14.1. The summed E-state index contributed by atoms with van der Waals surface area (Å²) in [5, 5.41) is 3.50. The summed E-state index contributed by atoms with van der Waals surface area (Å²) < 4.78 is 1.20. The summed E-state index contributed by atoms with van der Waals surface area (Å²) in [7, 11) is 0. The van der Waals surface area contributed by atoms with Crippen LogP contribution in [0.25, 0.3) is 0 Å². The van der Waals surface area contributed by atoms with Gasteiger partial charge < -0.3 is 11.1 Å². The first-order valence-corrected chi connectivity index (χ1v) is 7.23. The molecule has 4 heteroatoms. The summed E-state index contributed by atoms with van der Waals surface area (Å²) in [4.78, 5) is 1.41. The topological polar surface area (TPSA) is 38.0 Å². The van der Waals surface area contributed by atoms with Crippen molar-refractivity contribution in [1.29, 1.82) is 0 Å². The Morgan fingerprint density at radius 1 is 1.50 bits per heavy atom. The highest BCUT2D eigenvalue weighted by Crippen LogP contribution is 2.32. The van der Waals surface area contributed by atoms with E-state index < -0.39 is 0 Å². The molecule has 2 nitrogen and oxygen atoms in total. The summed E-state index contributed by atoms with van der Waals surface area (Å²) in [5.41, 5.74) is 5.78. The Bertz CT molecular complexity index is 323. The van der Waals surface area contributed by atoms with E-state index in [-0.39, 0.29) is 5.41 Å². The summed E-state index contributed by atoms with van der Waals surface area (Å²) in [6.45, 7) is 9.44. The van der Waals surface area contributed by atoms with Crippen molar-refractivity contribution in [2.75, 3.05) is 19.6 Å². The second-order valence-corrected chi connectivity index (χ2v) is 7.42. The van der Waals surface area contributed by atoms with E-state index in [1.165, 1.54) is 8.66 Å². The lowest BCUT2D eigenvalue weighted by molar-refractivity contribution is 0.440. The van der Waals surface area contributed by atoms with Crippen molar-refractivity contribution in [1.82, 2.24) is 5.32 Å². The van der Waals surface area contributed by atoms with Gasteiger partial charge in [0.25, 0.3) is 0 Å². The number of halogens is 1. The van der Waals surface area contributed by atoms with Crippen molar-refractivity contribution in [3.8, 4) is 0 Å². The Hall–Kier alpha value is 0.1000. The van der Waals surface area contributed by atoms with Crippen molar-refractivity contribution in [3.63, 3.8) is 0 Å². The number of thiophene rings is 1. The molecule has 1 rings (SSSR count). The van der Waals surface area contributed by atoms with Gasteiger partial charge in [0.2, 0.25) is 0 Å². The lowest BCUT2D eigenvalue weighted by Crippen LogP contribution is -2.36. The minimum atomic E-state index is 0.186. The second kappa shape index (κ2) is 6.15. The van der Waals surface area contributed by atoms with Gasteiger partial charge in [0, 0.05) is 16.8 Å². The van der Waals surface area contributed by atoms with Crippen molar-refractivity contribution in [2.24, 2.45) is 11.7 Å². The zero-order chi connectivity index (χ0) is 12.2. The van der Waals surface area contributed by atoms with E-state index in [2.05, 4.69) is 54.2 Å². The van der Waals surface area contributed by atoms with Gasteiger partial charge in [0.1, 0.15) is 0 Å². The van der Waals surface area contributed by atoms with E-state index in [9.17, 15) is 0 Å². The maximum absolute atomic E-state index is 5.59. The first-order valence-electron chi connectivity index (χ1n) is 5.62. The molecule has 0 fully saturated rings. The van der Waals surface area contributed by atoms with Crippen molar-refractivity contribution in [3.05, 3.63) is 20.8 Å². The molecule has 0 radical (unpaired) electrons. The molecule has 0 aliphatic carbocycles. The molecule has 0 aliphatic rings. The molecule has 1 heterocycles. The van der Waals surface area contributed by atoms with Gasteiger partial charge >= 0.3 is 0 Å². The number of hydrogen-bond acceptors (Lipinski definition) is 3. The van der Waals surface area contributed by atoms with E-state index in [4.69, 9.17) is 5.73 Å². The average Bonchev–Trinajstić information content (AvgIpc) is 2.65. The molecule has 16 heavy (non-hydrogen) atoms. The van der Waals surface area contributed by atoms with Gasteiger partial charge in [0.05, 0.1) is 3.79 Å². The van der Waals surface area contributed by atoms with E-state index in [1.807, 2.05) is 11.3 Å². The monoisotopic (exact) mass is 304 g/mol. The SMILES string of the molecule is CC(CN)CNCC(C)(C)c1ccc(Br)s1. The molecule has 0 bridgehead atoms. The van der Waals surface area contributed by atoms with E-state index in [1.54, 1.807) is 0 Å². The van der Waals surface area contributed by atoms with Crippen LogP contribution < -0.4 is 11.1 Å². The number of nitrogens with one attached hydrogen (secondary N) is 1. The molecule has 0 spiro atoms. The third kappa shape index (κ3) is 4.17. The van der Waals surface area contributed by atoms with Gasteiger partial charge in [-0.1, -0.05) is 20.8 Å². The molecule has 0 aromatic carbocycles. The minimum Gasteiger partial charge on any atom is -0.330 e. The number of rotatable bonds is 6. The zero-order valence-corrected chi connectivity index (χ0v) is 12.6. The van der Waals surface area contributed by atoms with Crippen molar-refractivity contribution >= 4 is 27.3 Å². The molecule has 0 amide bonds. The van der Waals surface area contributed by atoms with Gasteiger partial charge in [0.15, 0.2) is 0 Å². The molecule has 0 aliphatic heterocycles. The highest BCUT2D eigenvalue weighted by atomic mass is 79.9. The van der Waals surface area contributed by atoms with Crippen LogP contribution >= 0.6 is 27.3 Å². The van der Waals surface area contributed by atoms with E-state index in [0.29, 0.717) is 5.92 Å². The molecule has 0 saturated heterocycles. The molecular formula is C12H21BrN2S. The third-order valence-electron chi connectivity index (χ3n) is 2.70. The van der Waals surface area contributed by atoms with E-state index in [0.717, 1.165) is 19.6 Å². The minimum absolute atomic E-state index is 0.186. The van der Waals surface area contributed by atoms with Gasteiger partial charge in [-0.05, 0) is 47.1 Å². The van der Waals surface area contributed by atoms with Crippen LogP contribution in [-0.2, 0) is 5.41 Å². The standard InChI is InChI=1S/C12H21BrN2S/c1-9(6-14)7-15-8-12(2,3)10-4-5-11(13)16-10/h4-5,9,15H,6-8,14H2,1-3H3. The maximum atomic E-state index is 5.59. The van der Waals surface area contributed by atoms with Crippen molar-refractivity contribution in [2.45, 2.75) is 26.2 Å². The van der Waals surface area contributed by atoms with Crippen LogP contribution in [0, 0.1) is 5.92 Å². The Kier molecular flexibility index (Phi) is 5.44. The Morgan fingerprint density at radius 3 is 2.69 bits per heavy atom. The largest absolute Gasteiger partial charge is 0.330 e. The Morgan fingerprint density at radius 2 is 2.19 bits per heavy atom. The Balaban J connectivity index is 2.46. The molecule has 1 aromatic heterocycles.